The minimum atomic E-state index is -0.912. The Hall–Kier alpha value is -2.05. The van der Waals surface area contributed by atoms with Gasteiger partial charge in [-0.2, -0.15) is 0 Å². The second-order valence-electron chi connectivity index (χ2n) is 4.35. The Kier molecular flexibility index (Phi) is 5.19. The van der Waals surface area contributed by atoms with Gasteiger partial charge in [0.1, 0.15) is 18.5 Å². The number of ether oxygens (including phenoxy) is 1. The van der Waals surface area contributed by atoms with E-state index in [2.05, 4.69) is 0 Å². The Morgan fingerprint density at radius 3 is 2.62 bits per heavy atom. The molecule has 0 fully saturated rings. The molecule has 1 atom stereocenters. The van der Waals surface area contributed by atoms with Crippen LogP contribution in [0.4, 0.5) is 5.69 Å². The van der Waals surface area contributed by atoms with Gasteiger partial charge in [-0.15, -0.1) is 11.8 Å². The Balaban J connectivity index is 1.99. The lowest BCUT2D eigenvalue weighted by atomic mass is 10.1. The number of aliphatic hydroxyl groups is 1. The highest BCUT2D eigenvalue weighted by molar-refractivity contribution is 7.98. The number of nitrogens with zero attached hydrogens (tertiary/aromatic N) is 1. The summed E-state index contributed by atoms with van der Waals surface area (Å²) < 4.78 is 5.49. The molecule has 6 heteroatoms. The normalized spacial score (nSPS) is 11.9. The highest BCUT2D eigenvalue weighted by Gasteiger charge is 2.13. The molecule has 0 radical (unpaired) electrons. The van der Waals surface area contributed by atoms with Crippen molar-refractivity contribution in [2.24, 2.45) is 0 Å². The topological polar surface area (TPSA) is 72.6 Å². The van der Waals surface area contributed by atoms with E-state index >= 15 is 0 Å². The summed E-state index contributed by atoms with van der Waals surface area (Å²) in [6.45, 7) is 0.0415. The van der Waals surface area contributed by atoms with Crippen LogP contribution >= 0.6 is 11.8 Å². The van der Waals surface area contributed by atoms with Crippen LogP contribution in [0.2, 0.25) is 0 Å². The maximum atomic E-state index is 10.7. The van der Waals surface area contributed by atoms with E-state index in [4.69, 9.17) is 4.74 Å². The quantitative estimate of drug-likeness (QED) is 0.503. The molecule has 21 heavy (non-hydrogen) atoms. The zero-order chi connectivity index (χ0) is 15.2. The van der Waals surface area contributed by atoms with Gasteiger partial charge in [-0.05, 0) is 36.1 Å². The minimum absolute atomic E-state index is 0.0415. The molecule has 1 N–H and O–H groups in total. The van der Waals surface area contributed by atoms with Crippen molar-refractivity contribution >= 4 is 17.4 Å². The Morgan fingerprint density at radius 2 is 2.00 bits per heavy atom. The highest BCUT2D eigenvalue weighted by atomic mass is 32.2. The van der Waals surface area contributed by atoms with Crippen molar-refractivity contribution in [1.82, 2.24) is 0 Å². The first-order chi connectivity index (χ1) is 10.1. The second kappa shape index (κ2) is 7.10. The molecular weight excluding hydrogens is 290 g/mol. The summed E-state index contributed by atoms with van der Waals surface area (Å²) in [6.07, 6.45) is 1.08. The van der Waals surface area contributed by atoms with Crippen LogP contribution in [0.15, 0.2) is 53.4 Å². The molecule has 2 rings (SSSR count). The molecule has 1 unspecified atom stereocenters. The monoisotopic (exact) mass is 305 g/mol. The summed E-state index contributed by atoms with van der Waals surface area (Å²) >= 11 is 1.63. The average molecular weight is 305 g/mol. The smallest absolute Gasteiger partial charge is 0.269 e. The number of hydrogen-bond donors (Lipinski definition) is 1. The summed E-state index contributed by atoms with van der Waals surface area (Å²) in [4.78, 5) is 11.3. The molecule has 0 aromatic heterocycles. The van der Waals surface area contributed by atoms with Gasteiger partial charge in [0, 0.05) is 17.0 Å². The van der Waals surface area contributed by atoms with Gasteiger partial charge >= 0.3 is 0 Å². The molecule has 2 aromatic carbocycles. The predicted molar refractivity (Wildman–Crippen MR) is 81.8 cm³/mol. The first-order valence-corrected chi connectivity index (χ1v) is 7.52. The molecule has 0 bridgehead atoms. The number of nitro benzene ring substituents is 1. The average Bonchev–Trinajstić information content (AvgIpc) is 2.53. The maximum absolute atomic E-state index is 10.7. The van der Waals surface area contributed by atoms with E-state index < -0.39 is 11.0 Å². The van der Waals surface area contributed by atoms with Crippen LogP contribution in [0, 0.1) is 10.1 Å². The second-order valence-corrected chi connectivity index (χ2v) is 5.23. The fraction of sp³-hybridized carbons (Fsp3) is 0.200. The lowest BCUT2D eigenvalue weighted by Crippen LogP contribution is -2.09. The first kappa shape index (κ1) is 15.3. The van der Waals surface area contributed by atoms with Crippen LogP contribution in [-0.4, -0.2) is 22.9 Å². The fourth-order valence-electron chi connectivity index (χ4n) is 1.79. The summed E-state index contributed by atoms with van der Waals surface area (Å²) in [5.74, 6) is 0.650. The van der Waals surface area contributed by atoms with E-state index in [0.29, 0.717) is 11.3 Å². The molecular formula is C15H15NO4S. The molecule has 0 aliphatic carbocycles. The summed E-state index contributed by atoms with van der Waals surface area (Å²) in [5, 5.41) is 20.7. The van der Waals surface area contributed by atoms with Crippen molar-refractivity contribution in [3.63, 3.8) is 0 Å². The van der Waals surface area contributed by atoms with Crippen molar-refractivity contribution < 1.29 is 14.8 Å². The number of non-ortho nitro benzene ring substituents is 1. The standard InChI is InChI=1S/C15H15NO4S/c1-21-14-7-5-13(6-8-14)20-10-15(17)11-3-2-4-12(9-11)16(18)19/h2-9,15,17H,10H2,1H3. The van der Waals surface area contributed by atoms with Crippen molar-refractivity contribution in [3.05, 3.63) is 64.2 Å². The van der Waals surface area contributed by atoms with Crippen LogP contribution in [0.5, 0.6) is 5.75 Å². The lowest BCUT2D eigenvalue weighted by molar-refractivity contribution is -0.385. The Bertz CT molecular complexity index is 615. The number of nitro groups is 1. The van der Waals surface area contributed by atoms with Gasteiger partial charge in [-0.3, -0.25) is 10.1 Å². The lowest BCUT2D eigenvalue weighted by Gasteiger charge is -2.12. The molecule has 110 valence electrons. The molecule has 0 amide bonds. The fourth-order valence-corrected chi connectivity index (χ4v) is 2.20. The van der Waals surface area contributed by atoms with E-state index in [9.17, 15) is 15.2 Å². The van der Waals surface area contributed by atoms with E-state index in [1.54, 1.807) is 23.9 Å². The van der Waals surface area contributed by atoms with Gasteiger partial charge in [0.2, 0.25) is 0 Å². The van der Waals surface area contributed by atoms with Crippen LogP contribution in [-0.2, 0) is 0 Å². The van der Waals surface area contributed by atoms with Gasteiger partial charge < -0.3 is 9.84 Å². The van der Waals surface area contributed by atoms with Gasteiger partial charge in [0.05, 0.1) is 4.92 Å². The number of aliphatic hydroxyl groups excluding tert-OH is 1. The number of thioether (sulfide) groups is 1. The van der Waals surface area contributed by atoms with Crippen LogP contribution in [0.25, 0.3) is 0 Å². The van der Waals surface area contributed by atoms with Crippen molar-refractivity contribution in [3.8, 4) is 5.75 Å². The molecule has 5 nitrogen and oxygen atoms in total. The number of benzene rings is 2. The number of hydrogen-bond acceptors (Lipinski definition) is 5. The van der Waals surface area contributed by atoms with Crippen molar-refractivity contribution in [1.29, 1.82) is 0 Å². The first-order valence-electron chi connectivity index (χ1n) is 6.29. The molecule has 2 aromatic rings. The maximum Gasteiger partial charge on any atom is 0.269 e. The van der Waals surface area contributed by atoms with Gasteiger partial charge in [0.25, 0.3) is 5.69 Å². The third-order valence-electron chi connectivity index (χ3n) is 2.93. The van der Waals surface area contributed by atoms with Gasteiger partial charge in [-0.1, -0.05) is 12.1 Å². The summed E-state index contributed by atoms with van der Waals surface area (Å²) in [5.41, 5.74) is 0.417. The van der Waals surface area contributed by atoms with Gasteiger partial charge in [0.15, 0.2) is 0 Å². The van der Waals surface area contributed by atoms with Crippen molar-refractivity contribution in [2.75, 3.05) is 12.9 Å². The van der Waals surface area contributed by atoms with E-state index in [1.807, 2.05) is 30.5 Å². The number of rotatable bonds is 6. The predicted octanol–water partition coefficient (Wildman–Crippen LogP) is 3.43. The van der Waals surface area contributed by atoms with Crippen molar-refractivity contribution in [2.45, 2.75) is 11.0 Å². The molecule has 0 saturated carbocycles. The molecule has 0 aliphatic heterocycles. The van der Waals surface area contributed by atoms with E-state index in [1.165, 1.54) is 12.1 Å². The zero-order valence-electron chi connectivity index (χ0n) is 11.4. The largest absolute Gasteiger partial charge is 0.491 e. The SMILES string of the molecule is CSc1ccc(OCC(O)c2cccc([N+](=O)[O-])c2)cc1. The van der Waals surface area contributed by atoms with Crippen LogP contribution in [0.1, 0.15) is 11.7 Å². The third-order valence-corrected chi connectivity index (χ3v) is 3.68. The highest BCUT2D eigenvalue weighted by Crippen LogP contribution is 2.22. The van der Waals surface area contributed by atoms with Crippen LogP contribution in [0.3, 0.4) is 0 Å². The summed E-state index contributed by atoms with van der Waals surface area (Å²) in [6, 6.07) is 13.4. The molecule has 0 spiro atoms. The molecule has 0 saturated heterocycles. The molecule has 0 aliphatic rings. The van der Waals surface area contributed by atoms with Crippen LogP contribution < -0.4 is 4.74 Å². The van der Waals surface area contributed by atoms with E-state index in [-0.39, 0.29) is 12.3 Å². The molecule has 0 heterocycles. The van der Waals surface area contributed by atoms with Gasteiger partial charge in [-0.25, -0.2) is 0 Å². The Labute approximate surface area is 126 Å². The zero-order valence-corrected chi connectivity index (χ0v) is 12.2. The summed E-state index contributed by atoms with van der Waals surface area (Å²) in [7, 11) is 0. The van der Waals surface area contributed by atoms with E-state index in [0.717, 1.165) is 4.90 Å². The third kappa shape index (κ3) is 4.21. The Morgan fingerprint density at radius 1 is 1.29 bits per heavy atom. The minimum Gasteiger partial charge on any atom is -0.491 e.